The largest absolute Gasteiger partial charge is 0.493 e. The van der Waals surface area contributed by atoms with Gasteiger partial charge in [0, 0.05) is 35.3 Å². The molecule has 0 spiro atoms. The summed E-state index contributed by atoms with van der Waals surface area (Å²) >= 11 is 0. The molecule has 0 saturated heterocycles. The van der Waals surface area contributed by atoms with Crippen molar-refractivity contribution < 1.29 is 19.7 Å². The lowest BCUT2D eigenvalue weighted by atomic mass is 9.97. The molecule has 2 heterocycles. The number of fused-ring (bicyclic) bond motifs is 2. The van der Waals surface area contributed by atoms with Crippen molar-refractivity contribution in [2.45, 2.75) is 26.2 Å². The Morgan fingerprint density at radius 3 is 2.26 bits per heavy atom. The zero-order chi connectivity index (χ0) is 19.0. The van der Waals surface area contributed by atoms with Gasteiger partial charge in [0.15, 0.2) is 11.5 Å². The molecule has 140 valence electrons. The predicted molar refractivity (Wildman–Crippen MR) is 103 cm³/mol. The van der Waals surface area contributed by atoms with E-state index in [-0.39, 0.29) is 13.2 Å². The van der Waals surface area contributed by atoms with Crippen LogP contribution in [0.25, 0.3) is 11.3 Å². The first-order valence-corrected chi connectivity index (χ1v) is 8.95. The van der Waals surface area contributed by atoms with Crippen LogP contribution in [0.15, 0.2) is 42.5 Å². The summed E-state index contributed by atoms with van der Waals surface area (Å²) in [6, 6.07) is 14.1. The van der Waals surface area contributed by atoms with Crippen molar-refractivity contribution in [3.8, 4) is 22.8 Å². The molecular weight excluding hydrogens is 342 g/mol. The van der Waals surface area contributed by atoms with Crippen molar-refractivity contribution in [2.75, 3.05) is 14.2 Å². The summed E-state index contributed by atoms with van der Waals surface area (Å²) in [5, 5.41) is 20.1. The molecule has 0 atom stereocenters. The van der Waals surface area contributed by atoms with E-state index < -0.39 is 0 Å². The van der Waals surface area contributed by atoms with Crippen molar-refractivity contribution in [2.24, 2.45) is 0 Å². The van der Waals surface area contributed by atoms with Gasteiger partial charge in [-0.25, -0.2) is 0 Å². The maximum Gasteiger partial charge on any atom is 0.161 e. The molecule has 0 unspecified atom stereocenters. The van der Waals surface area contributed by atoms with Crippen molar-refractivity contribution in [1.82, 2.24) is 4.57 Å². The van der Waals surface area contributed by atoms with Crippen LogP contribution in [0.5, 0.6) is 11.5 Å². The smallest absolute Gasteiger partial charge is 0.161 e. The zero-order valence-electron chi connectivity index (χ0n) is 15.5. The van der Waals surface area contributed by atoms with E-state index in [1.54, 1.807) is 14.2 Å². The molecule has 0 bridgehead atoms. The van der Waals surface area contributed by atoms with Gasteiger partial charge < -0.3 is 24.3 Å². The van der Waals surface area contributed by atoms with E-state index >= 15 is 0 Å². The van der Waals surface area contributed by atoms with Gasteiger partial charge in [-0.1, -0.05) is 24.3 Å². The van der Waals surface area contributed by atoms with Crippen LogP contribution in [0.4, 0.5) is 0 Å². The third kappa shape index (κ3) is 2.80. The number of hydrogen-bond donors (Lipinski definition) is 2. The number of benzene rings is 2. The molecular formula is C22H23NO4. The summed E-state index contributed by atoms with van der Waals surface area (Å²) in [4.78, 5) is 0. The lowest BCUT2D eigenvalue weighted by molar-refractivity contribution is 0.260. The molecule has 3 aromatic rings. The minimum Gasteiger partial charge on any atom is -0.493 e. The first-order valence-electron chi connectivity index (χ1n) is 8.95. The average molecular weight is 365 g/mol. The van der Waals surface area contributed by atoms with Gasteiger partial charge in [0.25, 0.3) is 0 Å². The lowest BCUT2D eigenvalue weighted by Crippen LogP contribution is -2.15. The fourth-order valence-electron chi connectivity index (χ4n) is 4.06. The van der Waals surface area contributed by atoms with E-state index in [0.717, 1.165) is 34.5 Å². The van der Waals surface area contributed by atoms with Crippen LogP contribution in [0.1, 0.15) is 27.9 Å². The van der Waals surface area contributed by atoms with Crippen molar-refractivity contribution >= 4 is 0 Å². The SMILES string of the molecule is COc1ccc(-c2c(CO)c(CO)c3n2Cc2ccccc2C3)cc1OC. The highest BCUT2D eigenvalue weighted by Gasteiger charge is 2.27. The maximum absolute atomic E-state index is 10.1. The quantitative estimate of drug-likeness (QED) is 0.570. The van der Waals surface area contributed by atoms with E-state index in [4.69, 9.17) is 9.47 Å². The Balaban J connectivity index is 1.93. The van der Waals surface area contributed by atoms with E-state index in [0.29, 0.717) is 18.0 Å². The van der Waals surface area contributed by atoms with Crippen molar-refractivity contribution in [3.05, 3.63) is 70.4 Å². The Kier molecular flexibility index (Phi) is 4.64. The van der Waals surface area contributed by atoms with Crippen LogP contribution in [0.2, 0.25) is 0 Å². The summed E-state index contributed by atoms with van der Waals surface area (Å²) in [5.74, 6) is 1.29. The Labute approximate surface area is 158 Å². The predicted octanol–water partition coefficient (Wildman–Crippen LogP) is 3.11. The highest BCUT2D eigenvalue weighted by Crippen LogP contribution is 2.40. The van der Waals surface area contributed by atoms with Gasteiger partial charge in [-0.3, -0.25) is 0 Å². The van der Waals surface area contributed by atoms with E-state index in [1.165, 1.54) is 11.1 Å². The van der Waals surface area contributed by atoms with Crippen molar-refractivity contribution in [1.29, 1.82) is 0 Å². The van der Waals surface area contributed by atoms with Gasteiger partial charge in [0.2, 0.25) is 0 Å². The molecule has 0 saturated carbocycles. The molecule has 1 aliphatic rings. The van der Waals surface area contributed by atoms with E-state index in [9.17, 15) is 10.2 Å². The minimum absolute atomic E-state index is 0.0965. The van der Waals surface area contributed by atoms with Crippen LogP contribution < -0.4 is 9.47 Å². The summed E-state index contributed by atoms with van der Waals surface area (Å²) < 4.78 is 13.0. The first kappa shape index (κ1) is 17.6. The Hall–Kier alpha value is -2.76. The second-order valence-electron chi connectivity index (χ2n) is 6.67. The fourth-order valence-corrected chi connectivity index (χ4v) is 4.06. The Morgan fingerprint density at radius 1 is 0.889 bits per heavy atom. The molecule has 0 amide bonds. The van der Waals surface area contributed by atoms with Crippen LogP contribution in [0, 0.1) is 0 Å². The molecule has 27 heavy (non-hydrogen) atoms. The number of aliphatic hydroxyl groups is 2. The van der Waals surface area contributed by atoms with Gasteiger partial charge in [-0.2, -0.15) is 0 Å². The normalized spacial score (nSPS) is 12.4. The molecule has 5 nitrogen and oxygen atoms in total. The second kappa shape index (κ2) is 7.10. The van der Waals surface area contributed by atoms with Crippen LogP contribution >= 0.6 is 0 Å². The number of aliphatic hydroxyl groups excluding tert-OH is 2. The standard InChI is InChI=1S/C22H23NO4/c1-26-20-8-7-15(10-21(20)27-2)22-18(13-25)17(12-24)19-9-14-5-3-4-6-16(14)11-23(19)22/h3-8,10,24-25H,9,11-13H2,1-2H3. The average Bonchev–Trinajstić information content (AvgIpc) is 3.03. The number of rotatable bonds is 5. The van der Waals surface area contributed by atoms with E-state index in [1.807, 2.05) is 30.3 Å². The molecule has 1 aliphatic heterocycles. The van der Waals surface area contributed by atoms with Gasteiger partial charge >= 0.3 is 0 Å². The van der Waals surface area contributed by atoms with Gasteiger partial charge in [-0.15, -0.1) is 0 Å². The minimum atomic E-state index is -0.129. The summed E-state index contributed by atoms with van der Waals surface area (Å²) in [7, 11) is 3.22. The molecule has 1 aromatic heterocycles. The number of methoxy groups -OCH3 is 2. The molecule has 0 aliphatic carbocycles. The lowest BCUT2D eigenvalue weighted by Gasteiger charge is -2.22. The molecule has 5 heteroatoms. The van der Waals surface area contributed by atoms with Gasteiger partial charge in [-0.05, 0) is 29.3 Å². The highest BCUT2D eigenvalue weighted by molar-refractivity contribution is 5.71. The van der Waals surface area contributed by atoms with Crippen molar-refractivity contribution in [3.63, 3.8) is 0 Å². The van der Waals surface area contributed by atoms with Crippen LogP contribution in [-0.2, 0) is 26.2 Å². The highest BCUT2D eigenvalue weighted by atomic mass is 16.5. The van der Waals surface area contributed by atoms with Crippen LogP contribution in [0.3, 0.4) is 0 Å². The maximum atomic E-state index is 10.1. The first-order chi connectivity index (χ1) is 13.2. The molecule has 2 aromatic carbocycles. The van der Waals surface area contributed by atoms with E-state index in [2.05, 4.69) is 16.7 Å². The van der Waals surface area contributed by atoms with Crippen LogP contribution in [-0.4, -0.2) is 29.0 Å². The fraction of sp³-hybridized carbons (Fsp3) is 0.273. The summed E-state index contributed by atoms with van der Waals surface area (Å²) in [6.07, 6.45) is 0.742. The number of aromatic nitrogens is 1. The molecule has 4 rings (SSSR count). The molecule has 2 N–H and O–H groups in total. The summed E-state index contributed by atoms with van der Waals surface area (Å²) in [6.45, 7) is 0.485. The Morgan fingerprint density at radius 2 is 1.59 bits per heavy atom. The molecule has 0 radical (unpaired) electrons. The monoisotopic (exact) mass is 365 g/mol. The topological polar surface area (TPSA) is 63.8 Å². The number of ether oxygens (including phenoxy) is 2. The molecule has 0 fully saturated rings. The number of nitrogens with zero attached hydrogens (tertiary/aromatic N) is 1. The number of hydrogen-bond acceptors (Lipinski definition) is 4. The zero-order valence-corrected chi connectivity index (χ0v) is 15.5. The van der Waals surface area contributed by atoms with Gasteiger partial charge in [0.1, 0.15) is 0 Å². The summed E-state index contributed by atoms with van der Waals surface area (Å²) in [5.41, 5.74) is 7.02. The third-order valence-electron chi connectivity index (χ3n) is 5.37. The van der Waals surface area contributed by atoms with Gasteiger partial charge in [0.05, 0.1) is 33.1 Å². The third-order valence-corrected chi connectivity index (χ3v) is 5.37. The second-order valence-corrected chi connectivity index (χ2v) is 6.67. The Bertz CT molecular complexity index is 990.